The minimum atomic E-state index is 1.17. The van der Waals surface area contributed by atoms with Crippen molar-refractivity contribution in [1.82, 2.24) is 0 Å². The molecule has 0 saturated heterocycles. The van der Waals surface area contributed by atoms with Crippen LogP contribution in [0, 0.1) is 76.2 Å². The Hall–Kier alpha value is -4.10. The molecule has 0 fully saturated rings. The van der Waals surface area contributed by atoms with Gasteiger partial charge in [-0.1, -0.05) is 53.1 Å². The van der Waals surface area contributed by atoms with Gasteiger partial charge in [0.2, 0.25) is 0 Å². The van der Waals surface area contributed by atoms with E-state index in [0.717, 1.165) is 0 Å². The predicted octanol–water partition coefficient (Wildman–Crippen LogP) is 11.9. The van der Waals surface area contributed by atoms with Crippen molar-refractivity contribution in [3.63, 3.8) is 0 Å². The van der Waals surface area contributed by atoms with E-state index in [4.69, 9.17) is 0 Å². The molecular formula is C41H45N. The zero-order chi connectivity index (χ0) is 30.5. The number of anilines is 3. The Morgan fingerprint density at radius 1 is 0.286 bits per heavy atom. The zero-order valence-corrected chi connectivity index (χ0v) is 27.4. The van der Waals surface area contributed by atoms with Crippen molar-refractivity contribution in [2.45, 2.75) is 76.2 Å². The molecule has 0 aliphatic heterocycles. The smallest absolute Gasteiger partial charge is 0.0467 e. The van der Waals surface area contributed by atoms with Gasteiger partial charge in [-0.25, -0.2) is 0 Å². The molecule has 0 unspecified atom stereocenters. The monoisotopic (exact) mass is 551 g/mol. The van der Waals surface area contributed by atoms with E-state index in [9.17, 15) is 0 Å². The molecule has 0 N–H and O–H groups in total. The van der Waals surface area contributed by atoms with Gasteiger partial charge >= 0.3 is 0 Å². The third-order valence-electron chi connectivity index (χ3n) is 8.70. The van der Waals surface area contributed by atoms with Crippen molar-refractivity contribution >= 4 is 17.1 Å². The third kappa shape index (κ3) is 5.41. The molecule has 5 aromatic carbocycles. The van der Waals surface area contributed by atoms with Gasteiger partial charge in [-0.15, -0.1) is 0 Å². The minimum Gasteiger partial charge on any atom is -0.310 e. The molecule has 5 aromatic rings. The number of aryl methyl sites for hydroxylation is 11. The van der Waals surface area contributed by atoms with Gasteiger partial charge in [0.25, 0.3) is 0 Å². The van der Waals surface area contributed by atoms with E-state index in [-0.39, 0.29) is 0 Å². The van der Waals surface area contributed by atoms with E-state index in [1.807, 2.05) is 0 Å². The summed E-state index contributed by atoms with van der Waals surface area (Å²) in [6.07, 6.45) is 0. The van der Waals surface area contributed by atoms with E-state index in [0.29, 0.717) is 0 Å². The lowest BCUT2D eigenvalue weighted by molar-refractivity contribution is 1.22. The van der Waals surface area contributed by atoms with Crippen LogP contribution in [-0.2, 0) is 0 Å². The number of nitrogens with zero attached hydrogens (tertiary/aromatic N) is 1. The number of hydrogen-bond acceptors (Lipinski definition) is 1. The van der Waals surface area contributed by atoms with Gasteiger partial charge in [0, 0.05) is 17.1 Å². The van der Waals surface area contributed by atoms with Crippen LogP contribution in [0.25, 0.3) is 22.3 Å². The molecule has 5 rings (SSSR count). The summed E-state index contributed by atoms with van der Waals surface area (Å²) >= 11 is 0. The first-order valence-corrected chi connectivity index (χ1v) is 15.1. The quantitative estimate of drug-likeness (QED) is 0.210. The molecule has 0 amide bonds. The highest BCUT2D eigenvalue weighted by molar-refractivity contribution is 5.86. The highest BCUT2D eigenvalue weighted by Crippen LogP contribution is 2.43. The van der Waals surface area contributed by atoms with E-state index in [1.165, 1.54) is 101 Å². The first kappa shape index (κ1) is 29.4. The first-order chi connectivity index (χ1) is 19.8. The molecule has 0 heterocycles. The van der Waals surface area contributed by atoms with Crippen LogP contribution in [0.2, 0.25) is 0 Å². The fourth-order valence-corrected chi connectivity index (χ4v) is 7.22. The zero-order valence-electron chi connectivity index (χ0n) is 27.4. The summed E-state index contributed by atoms with van der Waals surface area (Å²) < 4.78 is 0. The lowest BCUT2D eigenvalue weighted by Gasteiger charge is -2.29. The maximum atomic E-state index is 2.43. The minimum absolute atomic E-state index is 1.17. The van der Waals surface area contributed by atoms with Crippen molar-refractivity contribution in [2.24, 2.45) is 0 Å². The van der Waals surface area contributed by atoms with Gasteiger partial charge < -0.3 is 4.90 Å². The largest absolute Gasteiger partial charge is 0.310 e. The number of hydrogen-bond donors (Lipinski definition) is 0. The topological polar surface area (TPSA) is 3.24 Å². The Bertz CT molecular complexity index is 1610. The van der Waals surface area contributed by atoms with Crippen LogP contribution < -0.4 is 4.90 Å². The van der Waals surface area contributed by atoms with Crippen molar-refractivity contribution in [3.8, 4) is 22.3 Å². The van der Waals surface area contributed by atoms with Crippen LogP contribution in [0.3, 0.4) is 0 Å². The normalized spacial score (nSPS) is 11.2. The second-order valence-electron chi connectivity index (χ2n) is 12.6. The van der Waals surface area contributed by atoms with Crippen molar-refractivity contribution in [2.75, 3.05) is 4.90 Å². The molecule has 1 nitrogen and oxygen atoms in total. The second-order valence-corrected chi connectivity index (χ2v) is 12.6. The van der Waals surface area contributed by atoms with Gasteiger partial charge in [0.05, 0.1) is 0 Å². The lowest BCUT2D eigenvalue weighted by Crippen LogP contribution is -2.12. The molecule has 0 aromatic heterocycles. The Morgan fingerprint density at radius 3 is 0.833 bits per heavy atom. The fraction of sp³-hybridized carbons (Fsp3) is 0.268. The third-order valence-corrected chi connectivity index (χ3v) is 8.70. The van der Waals surface area contributed by atoms with Crippen LogP contribution in [-0.4, -0.2) is 0 Å². The van der Waals surface area contributed by atoms with E-state index >= 15 is 0 Å². The van der Waals surface area contributed by atoms with E-state index in [2.05, 4.69) is 154 Å². The summed E-state index contributed by atoms with van der Waals surface area (Å²) in [5.41, 5.74) is 23.4. The Labute approximate surface area is 253 Å². The molecule has 0 radical (unpaired) electrons. The van der Waals surface area contributed by atoms with Crippen molar-refractivity contribution in [3.05, 3.63) is 134 Å². The summed E-state index contributed by atoms with van der Waals surface area (Å²) in [6.45, 7) is 24.5. The van der Waals surface area contributed by atoms with Crippen LogP contribution in [0.1, 0.15) is 61.2 Å². The molecule has 0 aliphatic carbocycles. The van der Waals surface area contributed by atoms with Gasteiger partial charge in [-0.2, -0.15) is 0 Å². The van der Waals surface area contributed by atoms with Crippen molar-refractivity contribution in [1.29, 1.82) is 0 Å². The summed E-state index contributed by atoms with van der Waals surface area (Å²) in [4.78, 5) is 2.43. The van der Waals surface area contributed by atoms with Gasteiger partial charge in [-0.3, -0.25) is 0 Å². The number of rotatable bonds is 5. The Morgan fingerprint density at radius 2 is 0.548 bits per heavy atom. The second kappa shape index (κ2) is 11.3. The maximum Gasteiger partial charge on any atom is 0.0467 e. The molecule has 1 heteroatoms. The van der Waals surface area contributed by atoms with Gasteiger partial charge in [-0.05, 0) is 179 Å². The SMILES string of the molecule is Cc1ccc(N(c2cc(C)c(-c3c(C)cc(C)cc3C)c(C)c2)c2cc(C)c(-c3c(C)cc(C)cc3C)c(C)c2)cc1. The highest BCUT2D eigenvalue weighted by atomic mass is 15.1. The lowest BCUT2D eigenvalue weighted by atomic mass is 9.87. The van der Waals surface area contributed by atoms with Crippen molar-refractivity contribution < 1.29 is 0 Å². The summed E-state index contributed by atoms with van der Waals surface area (Å²) in [5.74, 6) is 0. The van der Waals surface area contributed by atoms with Crippen LogP contribution in [0.4, 0.5) is 17.1 Å². The molecule has 0 atom stereocenters. The molecule has 214 valence electrons. The summed E-state index contributed by atoms with van der Waals surface area (Å²) in [7, 11) is 0. The maximum absolute atomic E-state index is 2.43. The van der Waals surface area contributed by atoms with Gasteiger partial charge in [0.1, 0.15) is 0 Å². The Balaban J connectivity index is 1.71. The molecular weight excluding hydrogens is 506 g/mol. The molecule has 0 saturated carbocycles. The fourth-order valence-electron chi connectivity index (χ4n) is 7.22. The molecule has 42 heavy (non-hydrogen) atoms. The highest BCUT2D eigenvalue weighted by Gasteiger charge is 2.20. The van der Waals surface area contributed by atoms with Crippen LogP contribution in [0.5, 0.6) is 0 Å². The van der Waals surface area contributed by atoms with E-state index < -0.39 is 0 Å². The standard InChI is InChI=1S/C41H45N/c1-24-12-14-35(15-13-24)42(36-20-31(8)40(32(9)21-36)38-27(4)16-25(2)17-28(38)5)37-22-33(10)41(34(11)23-37)39-29(6)18-26(3)19-30(39)7/h12-23H,1-11H3. The average Bonchev–Trinajstić information content (AvgIpc) is 2.87. The van der Waals surface area contributed by atoms with Crippen LogP contribution >= 0.6 is 0 Å². The van der Waals surface area contributed by atoms with E-state index in [1.54, 1.807) is 0 Å². The average molecular weight is 552 g/mol. The Kier molecular flexibility index (Phi) is 7.90. The molecule has 0 aliphatic rings. The predicted molar refractivity (Wildman–Crippen MR) is 184 cm³/mol. The first-order valence-electron chi connectivity index (χ1n) is 15.1. The summed E-state index contributed by atoms with van der Waals surface area (Å²) in [6, 6.07) is 27.6. The summed E-state index contributed by atoms with van der Waals surface area (Å²) in [5, 5.41) is 0. The molecule has 0 bridgehead atoms. The number of benzene rings is 5. The molecule has 0 spiro atoms. The van der Waals surface area contributed by atoms with Crippen LogP contribution in [0.15, 0.2) is 72.8 Å². The van der Waals surface area contributed by atoms with Gasteiger partial charge in [0.15, 0.2) is 0 Å².